The van der Waals surface area contributed by atoms with Crippen LogP contribution >= 0.6 is 0 Å². The molecule has 1 atom stereocenters. The maximum absolute atomic E-state index is 5.57. The molecule has 0 amide bonds. The predicted molar refractivity (Wildman–Crippen MR) is 240 cm³/mol. The normalized spacial score (nSPS) is 15.1. The average molecular weight is 736 g/mol. The summed E-state index contributed by atoms with van der Waals surface area (Å²) in [5.74, 6) is 1.97. The van der Waals surface area contributed by atoms with Gasteiger partial charge in [-0.15, -0.1) is 0 Å². The molecule has 268 valence electrons. The highest BCUT2D eigenvalue weighted by Gasteiger charge is 2.42. The first-order valence-corrected chi connectivity index (χ1v) is 20.0. The summed E-state index contributed by atoms with van der Waals surface area (Å²) < 4.78 is 0. The van der Waals surface area contributed by atoms with Crippen LogP contribution in [0.3, 0.4) is 0 Å². The van der Waals surface area contributed by atoms with Gasteiger partial charge in [-0.2, -0.15) is 0 Å². The molecule has 3 heteroatoms. The number of fused-ring (bicyclic) bond motifs is 8. The molecule has 2 aliphatic heterocycles. The molecule has 0 spiro atoms. The van der Waals surface area contributed by atoms with Crippen LogP contribution in [0.15, 0.2) is 182 Å². The van der Waals surface area contributed by atoms with Crippen molar-refractivity contribution >= 4 is 53.9 Å². The number of hydrogen-bond acceptors (Lipinski definition) is 3. The summed E-state index contributed by atoms with van der Waals surface area (Å²) in [6, 6.07) is 66.7. The Hall–Kier alpha value is -7.49. The summed E-state index contributed by atoms with van der Waals surface area (Å²) in [6.07, 6.45) is 0. The second-order valence-corrected chi connectivity index (χ2v) is 16.0. The smallest absolute Gasteiger partial charge is 0.165 e. The van der Waals surface area contributed by atoms with E-state index < -0.39 is 5.41 Å². The predicted octanol–water partition coefficient (Wildman–Crippen LogP) is 14.0. The third-order valence-electron chi connectivity index (χ3n) is 13.1. The van der Waals surface area contributed by atoms with Gasteiger partial charge in [-0.1, -0.05) is 164 Å². The van der Waals surface area contributed by atoms with E-state index in [4.69, 9.17) is 15.0 Å². The summed E-state index contributed by atoms with van der Waals surface area (Å²) in [6.45, 7) is 2.41. The van der Waals surface area contributed by atoms with Crippen molar-refractivity contribution in [2.45, 2.75) is 12.3 Å². The molecule has 0 N–H and O–H groups in total. The monoisotopic (exact) mass is 735 g/mol. The fourth-order valence-corrected chi connectivity index (χ4v) is 10.4. The van der Waals surface area contributed by atoms with Crippen molar-refractivity contribution in [2.75, 3.05) is 0 Å². The van der Waals surface area contributed by atoms with Crippen molar-refractivity contribution in [1.82, 2.24) is 15.0 Å². The summed E-state index contributed by atoms with van der Waals surface area (Å²) in [4.78, 5) is 16.6. The maximum atomic E-state index is 5.57. The van der Waals surface area contributed by atoms with Crippen molar-refractivity contribution < 1.29 is 0 Å². The fraction of sp³-hybridized carbons (Fsp3) is 0.0364. The van der Waals surface area contributed by atoms with Crippen LogP contribution in [0, 0.1) is 0 Å². The zero-order chi connectivity index (χ0) is 38.1. The lowest BCUT2D eigenvalue weighted by molar-refractivity contribution is 0.721. The third kappa shape index (κ3) is 4.20. The van der Waals surface area contributed by atoms with E-state index in [1.807, 2.05) is 0 Å². The van der Waals surface area contributed by atoms with Crippen molar-refractivity contribution in [3.63, 3.8) is 0 Å². The summed E-state index contributed by atoms with van der Waals surface area (Å²) >= 11 is 0. The maximum Gasteiger partial charge on any atom is 0.165 e. The molecule has 0 saturated carbocycles. The van der Waals surface area contributed by atoms with E-state index in [2.05, 4.69) is 189 Å². The Balaban J connectivity index is 1.25. The molecule has 3 aliphatic rings. The van der Waals surface area contributed by atoms with Crippen LogP contribution in [0.2, 0.25) is 0 Å². The molecular formula is C55H33N3. The molecule has 0 saturated heterocycles. The first kappa shape index (κ1) is 31.7. The molecular weight excluding hydrogens is 703 g/mol. The highest BCUT2D eigenvalue weighted by molar-refractivity contribution is 6.16. The minimum Gasteiger partial charge on any atom is -0.208 e. The molecule has 1 unspecified atom stereocenters. The van der Waals surface area contributed by atoms with Gasteiger partial charge in [0.1, 0.15) is 0 Å². The number of aromatic nitrogens is 3. The van der Waals surface area contributed by atoms with Gasteiger partial charge < -0.3 is 0 Å². The van der Waals surface area contributed by atoms with E-state index in [1.54, 1.807) is 0 Å². The molecule has 3 nitrogen and oxygen atoms in total. The Kier molecular flexibility index (Phi) is 6.30. The lowest BCUT2D eigenvalue weighted by atomic mass is 9.72. The van der Waals surface area contributed by atoms with Gasteiger partial charge in [0.15, 0.2) is 17.5 Å². The summed E-state index contributed by atoms with van der Waals surface area (Å²) in [7, 11) is 0. The second kappa shape index (κ2) is 11.5. The molecule has 58 heavy (non-hydrogen) atoms. The van der Waals surface area contributed by atoms with E-state index in [1.165, 1.54) is 54.7 Å². The summed E-state index contributed by atoms with van der Waals surface area (Å²) in [5.41, 5.74) is 11.3. The Morgan fingerprint density at radius 3 is 1.66 bits per heavy atom. The SMILES string of the molecule is CC12c3ccccc3-c3cc(ccc31)-c1ccc3ccccc3c1-c1nc(-c3cc4ccccc4c4ccccc34)nc(n1)-c1cc3c2cccc3c2ccccc12. The van der Waals surface area contributed by atoms with Crippen LogP contribution in [-0.4, -0.2) is 15.0 Å². The van der Waals surface area contributed by atoms with E-state index >= 15 is 0 Å². The largest absolute Gasteiger partial charge is 0.208 e. The van der Waals surface area contributed by atoms with Crippen LogP contribution in [0.4, 0.5) is 0 Å². The van der Waals surface area contributed by atoms with Gasteiger partial charge in [-0.25, -0.2) is 15.0 Å². The number of hydrogen-bond donors (Lipinski definition) is 0. The van der Waals surface area contributed by atoms with Crippen LogP contribution in [0.5, 0.6) is 0 Å². The summed E-state index contributed by atoms with van der Waals surface area (Å²) in [5, 5.41) is 11.6. The van der Waals surface area contributed by atoms with E-state index in [0.29, 0.717) is 17.5 Å². The quantitative estimate of drug-likeness (QED) is 0.158. The van der Waals surface area contributed by atoms with Crippen LogP contribution < -0.4 is 0 Å². The molecule has 1 aliphatic carbocycles. The second-order valence-electron chi connectivity index (χ2n) is 16.0. The standard InChI is InChI=1S/C55H33N3/c1-55-48-23-11-10-21-43(48)44-29-34(26-28-50(44)55)37-27-25-32-13-2-5-16-36(32)51(37)54-57-52(46-30-33-14-3-4-15-35(33)38-17-6-8-19-41(38)46)56-53(58-54)47-31-45-40(22-12-24-49(45)55)39-18-7-9-20-42(39)47/h2-31H,1H3. The van der Waals surface area contributed by atoms with Gasteiger partial charge in [0.05, 0.1) is 0 Å². The van der Waals surface area contributed by atoms with Crippen LogP contribution in [-0.2, 0) is 5.41 Å². The molecule has 0 radical (unpaired) electrons. The molecule has 1 aromatic heterocycles. The Morgan fingerprint density at radius 2 is 0.862 bits per heavy atom. The van der Waals surface area contributed by atoms with E-state index in [9.17, 15) is 0 Å². The van der Waals surface area contributed by atoms with Gasteiger partial charge in [-0.3, -0.25) is 0 Å². The third-order valence-corrected chi connectivity index (χ3v) is 13.1. The fourth-order valence-electron chi connectivity index (χ4n) is 10.4. The highest BCUT2D eigenvalue weighted by Crippen LogP contribution is 2.55. The molecule has 10 aromatic carbocycles. The number of nitrogens with zero attached hydrogens (tertiary/aromatic N) is 3. The zero-order valence-electron chi connectivity index (χ0n) is 31.7. The molecule has 3 heterocycles. The van der Waals surface area contributed by atoms with Gasteiger partial charge in [-0.05, 0) is 118 Å². The Labute approximate surface area is 335 Å². The Morgan fingerprint density at radius 1 is 0.310 bits per heavy atom. The number of benzene rings is 10. The molecule has 11 aromatic rings. The first-order chi connectivity index (χ1) is 28.6. The highest BCUT2D eigenvalue weighted by atomic mass is 15.0. The van der Waals surface area contributed by atoms with Crippen LogP contribution in [0.1, 0.15) is 23.6 Å². The lowest BCUT2D eigenvalue weighted by Crippen LogP contribution is -2.23. The van der Waals surface area contributed by atoms with Gasteiger partial charge in [0.2, 0.25) is 0 Å². The average Bonchev–Trinajstić information content (AvgIpc) is 3.55. The first-order valence-electron chi connectivity index (χ1n) is 20.0. The molecule has 14 rings (SSSR count). The van der Waals surface area contributed by atoms with E-state index in [0.717, 1.165) is 54.7 Å². The van der Waals surface area contributed by atoms with Gasteiger partial charge in [0, 0.05) is 22.1 Å². The zero-order valence-corrected chi connectivity index (χ0v) is 31.7. The van der Waals surface area contributed by atoms with Crippen molar-refractivity contribution in [2.24, 2.45) is 0 Å². The van der Waals surface area contributed by atoms with Crippen LogP contribution in [0.25, 0.3) is 110 Å². The number of rotatable bonds is 1. The minimum absolute atomic E-state index is 0.403. The minimum atomic E-state index is -0.403. The van der Waals surface area contributed by atoms with Gasteiger partial charge >= 0.3 is 0 Å². The Bertz CT molecular complexity index is 3600. The van der Waals surface area contributed by atoms with Crippen molar-refractivity contribution in [3.8, 4) is 56.4 Å². The van der Waals surface area contributed by atoms with Gasteiger partial charge in [0.25, 0.3) is 0 Å². The van der Waals surface area contributed by atoms with E-state index in [-0.39, 0.29) is 0 Å². The van der Waals surface area contributed by atoms with Crippen molar-refractivity contribution in [3.05, 3.63) is 199 Å². The lowest BCUT2D eigenvalue weighted by Gasteiger charge is -2.30. The molecule has 8 bridgehead atoms. The molecule has 0 fully saturated rings. The topological polar surface area (TPSA) is 38.7 Å². The van der Waals surface area contributed by atoms with Crippen molar-refractivity contribution in [1.29, 1.82) is 0 Å².